The van der Waals surface area contributed by atoms with E-state index in [1.54, 1.807) is 54.6 Å². The number of para-hydroxylation sites is 1. The third kappa shape index (κ3) is 4.84. The Balaban J connectivity index is 1.42. The van der Waals surface area contributed by atoms with Gasteiger partial charge in [0.15, 0.2) is 11.5 Å². The quantitative estimate of drug-likeness (QED) is 0.567. The molecule has 3 aromatic rings. The first-order valence-corrected chi connectivity index (χ1v) is 9.52. The van der Waals surface area contributed by atoms with Crippen molar-refractivity contribution in [2.45, 2.75) is 6.61 Å². The summed E-state index contributed by atoms with van der Waals surface area (Å²) < 4.78 is 16.6. The summed E-state index contributed by atoms with van der Waals surface area (Å²) in [6.45, 7) is 0.495. The average molecular weight is 417 g/mol. The Morgan fingerprint density at radius 2 is 1.74 bits per heavy atom. The number of carboxylic acids is 1. The smallest absolute Gasteiger partial charge is 0.352 e. The minimum absolute atomic E-state index is 0.195. The molecule has 0 spiro atoms. The molecule has 31 heavy (non-hydrogen) atoms. The van der Waals surface area contributed by atoms with Gasteiger partial charge in [-0.2, -0.15) is 0 Å². The van der Waals surface area contributed by atoms with E-state index in [2.05, 4.69) is 5.32 Å². The third-order valence-electron chi connectivity index (χ3n) is 4.58. The molecule has 0 saturated heterocycles. The van der Waals surface area contributed by atoms with Gasteiger partial charge in [-0.3, -0.25) is 4.79 Å². The zero-order valence-corrected chi connectivity index (χ0v) is 16.4. The number of benzene rings is 3. The summed E-state index contributed by atoms with van der Waals surface area (Å²) in [7, 11) is 0. The lowest BCUT2D eigenvalue weighted by Gasteiger charge is -2.09. The predicted octanol–water partition coefficient (Wildman–Crippen LogP) is 3.85. The van der Waals surface area contributed by atoms with E-state index in [-0.39, 0.29) is 12.5 Å². The molecule has 2 N–H and O–H groups in total. The molecule has 0 aromatic heterocycles. The molecule has 1 amide bonds. The number of aliphatic carboxylic acids is 1. The number of carbonyl (C=O) groups is 2. The molecule has 7 heteroatoms. The Labute approximate surface area is 178 Å². The number of amides is 1. The Morgan fingerprint density at radius 1 is 0.968 bits per heavy atom. The molecule has 0 radical (unpaired) electrons. The van der Waals surface area contributed by atoms with Gasteiger partial charge in [-0.05, 0) is 42.0 Å². The van der Waals surface area contributed by atoms with Crippen LogP contribution in [0, 0.1) is 0 Å². The molecule has 3 aromatic carbocycles. The fraction of sp³-hybridized carbons (Fsp3) is 0.0833. The largest absolute Gasteiger partial charge is 0.489 e. The lowest BCUT2D eigenvalue weighted by molar-refractivity contribution is -0.132. The molecule has 0 aliphatic carbocycles. The van der Waals surface area contributed by atoms with Crippen molar-refractivity contribution in [1.82, 2.24) is 5.32 Å². The van der Waals surface area contributed by atoms with Crippen LogP contribution in [-0.2, 0) is 11.4 Å². The summed E-state index contributed by atoms with van der Waals surface area (Å²) >= 11 is 0. The first-order valence-electron chi connectivity index (χ1n) is 9.52. The number of nitrogens with one attached hydrogen (secondary N) is 1. The van der Waals surface area contributed by atoms with Gasteiger partial charge in [0.1, 0.15) is 18.1 Å². The number of carbonyl (C=O) groups excluding carboxylic acids is 1. The van der Waals surface area contributed by atoms with E-state index in [9.17, 15) is 14.7 Å². The highest BCUT2D eigenvalue weighted by Crippen LogP contribution is 2.35. The SMILES string of the molecule is O=C(O)/C(=C/c1ccc(OCc2cccc3c2OCO3)cc1)NC(=O)c1ccccc1. The van der Waals surface area contributed by atoms with Gasteiger partial charge in [-0.25, -0.2) is 4.79 Å². The molecule has 4 rings (SSSR count). The second-order valence-corrected chi connectivity index (χ2v) is 6.69. The van der Waals surface area contributed by atoms with Crippen molar-refractivity contribution >= 4 is 18.0 Å². The van der Waals surface area contributed by atoms with Gasteiger partial charge in [0.25, 0.3) is 5.91 Å². The van der Waals surface area contributed by atoms with Gasteiger partial charge in [-0.1, -0.05) is 42.5 Å². The monoisotopic (exact) mass is 417 g/mol. The van der Waals surface area contributed by atoms with Crippen LogP contribution in [0.5, 0.6) is 17.2 Å². The number of hydrogen-bond donors (Lipinski definition) is 2. The first kappa shape index (κ1) is 20.0. The van der Waals surface area contributed by atoms with Crippen molar-refractivity contribution in [3.8, 4) is 17.2 Å². The highest BCUT2D eigenvalue weighted by atomic mass is 16.7. The molecule has 0 unspecified atom stereocenters. The third-order valence-corrected chi connectivity index (χ3v) is 4.58. The van der Waals surface area contributed by atoms with Gasteiger partial charge in [-0.15, -0.1) is 0 Å². The van der Waals surface area contributed by atoms with Crippen LogP contribution < -0.4 is 19.5 Å². The van der Waals surface area contributed by atoms with Crippen LogP contribution in [0.3, 0.4) is 0 Å². The number of fused-ring (bicyclic) bond motifs is 1. The maximum absolute atomic E-state index is 12.3. The average Bonchev–Trinajstić information content (AvgIpc) is 3.28. The van der Waals surface area contributed by atoms with Crippen LogP contribution in [0.15, 0.2) is 78.5 Å². The Morgan fingerprint density at radius 3 is 2.48 bits per heavy atom. The number of carboxylic acid groups (broad SMARTS) is 1. The second-order valence-electron chi connectivity index (χ2n) is 6.69. The van der Waals surface area contributed by atoms with Crippen LogP contribution in [0.1, 0.15) is 21.5 Å². The summed E-state index contributed by atoms with van der Waals surface area (Å²) in [6.07, 6.45) is 1.39. The molecule has 0 fully saturated rings. The fourth-order valence-corrected chi connectivity index (χ4v) is 3.03. The van der Waals surface area contributed by atoms with E-state index in [1.165, 1.54) is 6.08 Å². The molecule has 0 saturated carbocycles. The Hall–Kier alpha value is -4.26. The van der Waals surface area contributed by atoms with Crippen molar-refractivity contribution in [2.75, 3.05) is 6.79 Å². The molecule has 0 bridgehead atoms. The van der Waals surface area contributed by atoms with Gasteiger partial charge in [0.2, 0.25) is 6.79 Å². The summed E-state index contributed by atoms with van der Waals surface area (Å²) in [5.74, 6) is 0.266. The molecule has 0 atom stereocenters. The van der Waals surface area contributed by atoms with Gasteiger partial charge in [0.05, 0.1) is 0 Å². The molecule has 7 nitrogen and oxygen atoms in total. The highest BCUT2D eigenvalue weighted by Gasteiger charge is 2.17. The molecular formula is C24H19NO6. The van der Waals surface area contributed by atoms with E-state index < -0.39 is 11.9 Å². The van der Waals surface area contributed by atoms with Crippen molar-refractivity contribution < 1.29 is 28.9 Å². The summed E-state index contributed by atoms with van der Waals surface area (Å²) in [4.78, 5) is 23.8. The van der Waals surface area contributed by atoms with E-state index in [0.717, 1.165) is 5.56 Å². The van der Waals surface area contributed by atoms with Crippen LogP contribution in [0.4, 0.5) is 0 Å². The van der Waals surface area contributed by atoms with E-state index in [1.807, 2.05) is 18.2 Å². The molecule has 1 aliphatic heterocycles. The van der Waals surface area contributed by atoms with E-state index >= 15 is 0 Å². The zero-order valence-electron chi connectivity index (χ0n) is 16.4. The molecule has 1 heterocycles. The van der Waals surface area contributed by atoms with Crippen LogP contribution in [0.25, 0.3) is 6.08 Å². The number of rotatable bonds is 7. The van der Waals surface area contributed by atoms with Gasteiger partial charge in [0, 0.05) is 11.1 Å². The lowest BCUT2D eigenvalue weighted by atomic mass is 10.1. The number of hydrogen-bond acceptors (Lipinski definition) is 5. The van der Waals surface area contributed by atoms with Crippen molar-refractivity contribution in [2.24, 2.45) is 0 Å². The molecular weight excluding hydrogens is 398 g/mol. The van der Waals surface area contributed by atoms with Crippen molar-refractivity contribution in [3.05, 3.63) is 95.2 Å². The zero-order chi connectivity index (χ0) is 21.6. The second kappa shape index (κ2) is 9.04. The summed E-state index contributed by atoms with van der Waals surface area (Å²) in [5.41, 5.74) is 1.63. The van der Waals surface area contributed by atoms with Gasteiger partial charge < -0.3 is 24.6 Å². The highest BCUT2D eigenvalue weighted by molar-refractivity contribution is 6.02. The minimum atomic E-state index is -1.23. The Bertz CT molecular complexity index is 1120. The first-order chi connectivity index (χ1) is 15.1. The normalized spacial score (nSPS) is 12.3. The van der Waals surface area contributed by atoms with Crippen molar-refractivity contribution in [1.29, 1.82) is 0 Å². The molecule has 156 valence electrons. The fourth-order valence-electron chi connectivity index (χ4n) is 3.03. The van der Waals surface area contributed by atoms with E-state index in [4.69, 9.17) is 14.2 Å². The van der Waals surface area contributed by atoms with Gasteiger partial charge >= 0.3 is 5.97 Å². The summed E-state index contributed by atoms with van der Waals surface area (Å²) in [6, 6.07) is 20.9. The Kier molecular flexibility index (Phi) is 5.84. The lowest BCUT2D eigenvalue weighted by Crippen LogP contribution is -2.27. The van der Waals surface area contributed by atoms with Crippen LogP contribution >= 0.6 is 0 Å². The number of ether oxygens (including phenoxy) is 3. The molecule has 1 aliphatic rings. The van der Waals surface area contributed by atoms with Crippen molar-refractivity contribution in [3.63, 3.8) is 0 Å². The van der Waals surface area contributed by atoms with Crippen LogP contribution in [0.2, 0.25) is 0 Å². The maximum atomic E-state index is 12.3. The standard InChI is InChI=1S/C24H19NO6/c26-23(17-5-2-1-3-6-17)25-20(24(27)28)13-16-9-11-19(12-10-16)29-14-18-7-4-8-21-22(18)31-15-30-21/h1-13H,14-15H2,(H,25,26)(H,27,28)/b20-13-. The van der Waals surface area contributed by atoms with E-state index in [0.29, 0.717) is 35.0 Å². The van der Waals surface area contributed by atoms with Crippen LogP contribution in [-0.4, -0.2) is 23.8 Å². The maximum Gasteiger partial charge on any atom is 0.352 e. The topological polar surface area (TPSA) is 94.1 Å². The predicted molar refractivity (Wildman–Crippen MR) is 113 cm³/mol. The summed E-state index contributed by atoms with van der Waals surface area (Å²) in [5, 5.41) is 11.9. The minimum Gasteiger partial charge on any atom is -0.489 e.